The first-order valence-corrected chi connectivity index (χ1v) is 9.12. The van der Waals surface area contributed by atoms with Crippen LogP contribution >= 0.6 is 0 Å². The lowest BCUT2D eigenvalue weighted by Crippen LogP contribution is -2.35. The van der Waals surface area contributed by atoms with Crippen LogP contribution in [0, 0.1) is 5.92 Å². The topological polar surface area (TPSA) is 64.6 Å². The van der Waals surface area contributed by atoms with Crippen molar-refractivity contribution >= 4 is 17.4 Å². The predicted molar refractivity (Wildman–Crippen MR) is 99.6 cm³/mol. The molecule has 2 rings (SSSR count). The van der Waals surface area contributed by atoms with Gasteiger partial charge in [-0.1, -0.05) is 19.8 Å². The second-order valence-corrected chi connectivity index (χ2v) is 6.84. The quantitative estimate of drug-likeness (QED) is 0.714. The van der Waals surface area contributed by atoms with Crippen LogP contribution in [0.3, 0.4) is 0 Å². The number of carbonyl (C=O) groups excluding carboxylic acids is 1. The van der Waals surface area contributed by atoms with Crippen LogP contribution in [0.4, 0.5) is 16.2 Å². The number of aliphatic hydroxyl groups excluding tert-OH is 1. The maximum Gasteiger partial charge on any atom is 0.319 e. The highest BCUT2D eigenvalue weighted by molar-refractivity contribution is 5.89. The van der Waals surface area contributed by atoms with Crippen LogP contribution in [-0.2, 0) is 0 Å². The molecule has 1 fully saturated rings. The average Bonchev–Trinajstić information content (AvgIpc) is 2.58. The summed E-state index contributed by atoms with van der Waals surface area (Å²) >= 11 is 0. The minimum Gasteiger partial charge on any atom is -0.393 e. The third-order valence-electron chi connectivity index (χ3n) is 4.72. The molecule has 134 valence electrons. The first-order chi connectivity index (χ1) is 11.6. The van der Waals surface area contributed by atoms with E-state index in [0.717, 1.165) is 43.6 Å². The number of anilines is 2. The van der Waals surface area contributed by atoms with Crippen molar-refractivity contribution in [1.82, 2.24) is 5.32 Å². The second-order valence-electron chi connectivity index (χ2n) is 6.84. The molecule has 24 heavy (non-hydrogen) atoms. The van der Waals surface area contributed by atoms with Crippen molar-refractivity contribution in [2.45, 2.75) is 51.6 Å². The minimum atomic E-state index is -0.203. The maximum atomic E-state index is 12.0. The summed E-state index contributed by atoms with van der Waals surface area (Å²) in [6, 6.07) is 7.75. The van der Waals surface area contributed by atoms with Crippen molar-refractivity contribution in [3.63, 3.8) is 0 Å². The molecular weight excluding hydrogens is 302 g/mol. The number of carbonyl (C=O) groups is 1. The number of hydrogen-bond acceptors (Lipinski definition) is 3. The lowest BCUT2D eigenvalue weighted by Gasteiger charge is -2.25. The van der Waals surface area contributed by atoms with Crippen molar-refractivity contribution in [2.24, 2.45) is 5.92 Å². The van der Waals surface area contributed by atoms with Gasteiger partial charge in [-0.05, 0) is 55.9 Å². The molecule has 1 aliphatic carbocycles. The molecule has 5 nitrogen and oxygen atoms in total. The van der Waals surface area contributed by atoms with E-state index >= 15 is 0 Å². The molecule has 0 bridgehead atoms. The van der Waals surface area contributed by atoms with Crippen molar-refractivity contribution in [1.29, 1.82) is 0 Å². The Balaban J connectivity index is 1.75. The number of nitrogens with zero attached hydrogens (tertiary/aromatic N) is 1. The summed E-state index contributed by atoms with van der Waals surface area (Å²) < 4.78 is 0. The van der Waals surface area contributed by atoms with Gasteiger partial charge < -0.3 is 20.6 Å². The highest BCUT2D eigenvalue weighted by Crippen LogP contribution is 2.23. The number of rotatable bonds is 7. The van der Waals surface area contributed by atoms with Gasteiger partial charge in [-0.2, -0.15) is 0 Å². The number of urea groups is 1. The Morgan fingerprint density at radius 3 is 2.71 bits per heavy atom. The number of amides is 2. The lowest BCUT2D eigenvalue weighted by molar-refractivity contribution is 0.101. The molecule has 0 spiro atoms. The fraction of sp³-hybridized carbons (Fsp3) is 0.632. The molecule has 0 heterocycles. The SMILES string of the molecule is CCCCN(C)c1ccc(NC(=O)NCC2CCCC(O)C2)cc1. The zero-order valence-electron chi connectivity index (χ0n) is 14.9. The van der Waals surface area contributed by atoms with E-state index in [2.05, 4.69) is 29.5 Å². The van der Waals surface area contributed by atoms with Gasteiger partial charge >= 0.3 is 6.03 Å². The molecule has 2 atom stereocenters. The maximum absolute atomic E-state index is 12.0. The summed E-state index contributed by atoms with van der Waals surface area (Å²) in [5, 5.41) is 15.5. The number of nitrogens with one attached hydrogen (secondary N) is 2. The number of benzene rings is 1. The lowest BCUT2D eigenvalue weighted by atomic mass is 9.87. The van der Waals surface area contributed by atoms with Crippen molar-refractivity contribution < 1.29 is 9.90 Å². The summed E-state index contributed by atoms with van der Waals surface area (Å²) in [7, 11) is 2.09. The van der Waals surface area contributed by atoms with E-state index in [0.29, 0.717) is 12.5 Å². The monoisotopic (exact) mass is 333 g/mol. The Bertz CT molecular complexity index is 504. The van der Waals surface area contributed by atoms with Gasteiger partial charge in [0.1, 0.15) is 0 Å². The van der Waals surface area contributed by atoms with E-state index in [1.165, 1.54) is 12.8 Å². The average molecular weight is 333 g/mol. The highest BCUT2D eigenvalue weighted by atomic mass is 16.3. The van der Waals surface area contributed by atoms with Gasteiger partial charge in [0, 0.05) is 31.5 Å². The van der Waals surface area contributed by atoms with Gasteiger partial charge in [-0.3, -0.25) is 0 Å². The van der Waals surface area contributed by atoms with Gasteiger partial charge in [0.05, 0.1) is 6.10 Å². The van der Waals surface area contributed by atoms with Crippen LogP contribution in [0.25, 0.3) is 0 Å². The van der Waals surface area contributed by atoms with Crippen molar-refractivity contribution in [2.75, 3.05) is 30.4 Å². The Morgan fingerprint density at radius 2 is 2.04 bits per heavy atom. The molecule has 2 unspecified atom stereocenters. The van der Waals surface area contributed by atoms with Crippen LogP contribution in [0.2, 0.25) is 0 Å². The molecule has 5 heteroatoms. The fourth-order valence-corrected chi connectivity index (χ4v) is 3.18. The normalized spacial score (nSPS) is 20.5. The fourth-order valence-electron chi connectivity index (χ4n) is 3.18. The molecule has 0 aliphatic heterocycles. The minimum absolute atomic E-state index is 0.179. The Kier molecular flexibility index (Phi) is 7.37. The molecule has 0 aromatic heterocycles. The molecule has 1 saturated carbocycles. The summed E-state index contributed by atoms with van der Waals surface area (Å²) in [5.74, 6) is 0.383. The van der Waals surface area contributed by atoms with Crippen molar-refractivity contribution in [3.8, 4) is 0 Å². The van der Waals surface area contributed by atoms with E-state index < -0.39 is 0 Å². The van der Waals surface area contributed by atoms with Gasteiger partial charge in [0.25, 0.3) is 0 Å². The molecule has 1 aromatic carbocycles. The number of hydrogen-bond donors (Lipinski definition) is 3. The van der Waals surface area contributed by atoms with Crippen LogP contribution in [0.15, 0.2) is 24.3 Å². The molecular formula is C19H31N3O2. The zero-order valence-corrected chi connectivity index (χ0v) is 14.9. The third-order valence-corrected chi connectivity index (χ3v) is 4.72. The summed E-state index contributed by atoms with van der Waals surface area (Å²) in [4.78, 5) is 14.2. The van der Waals surface area contributed by atoms with E-state index in [9.17, 15) is 9.90 Å². The van der Waals surface area contributed by atoms with E-state index in [1.807, 2.05) is 24.3 Å². The molecule has 2 amide bonds. The first kappa shape index (κ1) is 18.6. The summed E-state index contributed by atoms with van der Waals surface area (Å²) in [6.07, 6.45) is 5.96. The first-order valence-electron chi connectivity index (χ1n) is 9.12. The van der Waals surface area contributed by atoms with Gasteiger partial charge in [-0.25, -0.2) is 4.79 Å². The second kappa shape index (κ2) is 9.52. The Morgan fingerprint density at radius 1 is 1.29 bits per heavy atom. The summed E-state index contributed by atoms with van der Waals surface area (Å²) in [6.45, 7) is 3.85. The highest BCUT2D eigenvalue weighted by Gasteiger charge is 2.20. The molecule has 0 radical (unpaired) electrons. The zero-order chi connectivity index (χ0) is 17.4. The standard InChI is InChI=1S/C19H31N3O2/c1-3-4-12-22(2)17-10-8-16(9-11-17)21-19(24)20-14-15-6-5-7-18(23)13-15/h8-11,15,18,23H,3-7,12-14H2,1-2H3,(H2,20,21,24). The van der Waals surface area contributed by atoms with E-state index in [4.69, 9.17) is 0 Å². The van der Waals surface area contributed by atoms with Gasteiger partial charge in [0.2, 0.25) is 0 Å². The van der Waals surface area contributed by atoms with Crippen LogP contribution in [-0.4, -0.2) is 37.4 Å². The number of aliphatic hydroxyl groups is 1. The van der Waals surface area contributed by atoms with Gasteiger partial charge in [0.15, 0.2) is 0 Å². The molecule has 3 N–H and O–H groups in total. The number of unbranched alkanes of at least 4 members (excludes halogenated alkanes) is 1. The molecule has 1 aliphatic rings. The third kappa shape index (κ3) is 6.04. The van der Waals surface area contributed by atoms with E-state index in [1.54, 1.807) is 0 Å². The van der Waals surface area contributed by atoms with Crippen LogP contribution in [0.5, 0.6) is 0 Å². The Labute approximate surface area is 145 Å². The van der Waals surface area contributed by atoms with Crippen LogP contribution in [0.1, 0.15) is 45.4 Å². The summed E-state index contributed by atoms with van der Waals surface area (Å²) in [5.41, 5.74) is 1.95. The van der Waals surface area contributed by atoms with E-state index in [-0.39, 0.29) is 12.1 Å². The predicted octanol–water partition coefficient (Wildman–Crippen LogP) is 3.60. The molecule has 1 aromatic rings. The van der Waals surface area contributed by atoms with Gasteiger partial charge in [-0.15, -0.1) is 0 Å². The van der Waals surface area contributed by atoms with Crippen molar-refractivity contribution in [3.05, 3.63) is 24.3 Å². The van der Waals surface area contributed by atoms with Crippen LogP contribution < -0.4 is 15.5 Å². The smallest absolute Gasteiger partial charge is 0.319 e. The largest absolute Gasteiger partial charge is 0.393 e. The Hall–Kier alpha value is -1.75. The molecule has 0 saturated heterocycles.